The molecule has 0 saturated heterocycles. The lowest BCUT2D eigenvalue weighted by Gasteiger charge is -2.03. The molecule has 2 aromatic heterocycles. The van der Waals surface area contributed by atoms with Gasteiger partial charge in [-0.2, -0.15) is 5.10 Å². The Kier molecular flexibility index (Phi) is 2.02. The van der Waals surface area contributed by atoms with Crippen molar-refractivity contribution in [1.82, 2.24) is 14.8 Å². The Bertz CT molecular complexity index is 555. The fourth-order valence-electron chi connectivity index (χ4n) is 2.01. The molecule has 16 heavy (non-hydrogen) atoms. The number of rotatable bonds is 3. The molecule has 0 radical (unpaired) electrons. The summed E-state index contributed by atoms with van der Waals surface area (Å²) in [6.45, 7) is 2.81. The van der Waals surface area contributed by atoms with Crippen molar-refractivity contribution in [2.75, 3.05) is 0 Å². The molecule has 0 N–H and O–H groups in total. The van der Waals surface area contributed by atoms with Gasteiger partial charge in [0.15, 0.2) is 11.9 Å². The van der Waals surface area contributed by atoms with E-state index in [-0.39, 0.29) is 0 Å². The van der Waals surface area contributed by atoms with E-state index in [0.29, 0.717) is 11.5 Å². The van der Waals surface area contributed by atoms with Crippen LogP contribution in [0.3, 0.4) is 0 Å². The third kappa shape index (κ3) is 1.33. The Morgan fingerprint density at radius 1 is 1.56 bits per heavy atom. The molecule has 4 nitrogen and oxygen atoms in total. The number of carbonyl (C=O) groups excluding carboxylic acids is 1. The fraction of sp³-hybridized carbons (Fsp3) is 0.417. The van der Waals surface area contributed by atoms with Gasteiger partial charge in [0.1, 0.15) is 0 Å². The molecule has 0 unspecified atom stereocenters. The Morgan fingerprint density at radius 2 is 2.38 bits per heavy atom. The first-order chi connectivity index (χ1) is 7.83. The first kappa shape index (κ1) is 9.51. The number of nitrogens with zero attached hydrogens (tertiary/aromatic N) is 3. The maximum Gasteiger partial charge on any atom is 0.158 e. The van der Waals surface area contributed by atoms with Crippen molar-refractivity contribution in [2.45, 2.75) is 32.2 Å². The lowest BCUT2D eigenvalue weighted by molar-refractivity contribution is 0.112. The highest BCUT2D eigenvalue weighted by atomic mass is 16.1. The molecule has 1 aliphatic carbocycles. The number of fused-ring (bicyclic) bond motifs is 1. The van der Waals surface area contributed by atoms with Crippen molar-refractivity contribution in [3.8, 4) is 0 Å². The minimum absolute atomic E-state index is 0.559. The van der Waals surface area contributed by atoms with Gasteiger partial charge in [-0.1, -0.05) is 0 Å². The van der Waals surface area contributed by atoms with E-state index in [1.807, 2.05) is 17.7 Å². The normalized spacial score (nSPS) is 15.6. The molecule has 4 heteroatoms. The smallest absolute Gasteiger partial charge is 0.158 e. The molecular weight excluding hydrogens is 202 g/mol. The van der Waals surface area contributed by atoms with Crippen LogP contribution >= 0.6 is 0 Å². The molecule has 2 heterocycles. The van der Waals surface area contributed by atoms with Crippen LogP contribution in [0.2, 0.25) is 0 Å². The van der Waals surface area contributed by atoms with E-state index >= 15 is 0 Å². The standard InChI is InChI=1S/C12H13N3O/c1-2-15-12-10(6-13-15)9(7-16)5-11(14-12)8-3-4-8/h5-8H,2-4H2,1H3. The Hall–Kier alpha value is -1.71. The highest BCUT2D eigenvalue weighted by molar-refractivity contribution is 5.95. The van der Waals surface area contributed by atoms with E-state index in [0.717, 1.165) is 29.6 Å². The highest BCUT2D eigenvalue weighted by Gasteiger charge is 2.26. The number of carbonyl (C=O) groups is 1. The van der Waals surface area contributed by atoms with E-state index in [1.54, 1.807) is 6.20 Å². The number of pyridine rings is 1. The van der Waals surface area contributed by atoms with E-state index in [4.69, 9.17) is 0 Å². The molecule has 0 aliphatic heterocycles. The van der Waals surface area contributed by atoms with Gasteiger partial charge in [0.05, 0.1) is 6.20 Å². The predicted molar refractivity (Wildman–Crippen MR) is 60.6 cm³/mol. The number of aldehydes is 1. The van der Waals surface area contributed by atoms with Crippen molar-refractivity contribution in [1.29, 1.82) is 0 Å². The molecule has 0 spiro atoms. The predicted octanol–water partition coefficient (Wildman–Crippen LogP) is 2.14. The molecule has 82 valence electrons. The zero-order chi connectivity index (χ0) is 11.1. The monoisotopic (exact) mass is 215 g/mol. The van der Waals surface area contributed by atoms with Crippen LogP contribution in [0.25, 0.3) is 11.0 Å². The molecule has 1 fully saturated rings. The van der Waals surface area contributed by atoms with E-state index in [2.05, 4.69) is 10.1 Å². The quantitative estimate of drug-likeness (QED) is 0.737. The minimum atomic E-state index is 0.559. The van der Waals surface area contributed by atoms with Gasteiger partial charge >= 0.3 is 0 Å². The second-order valence-corrected chi connectivity index (χ2v) is 4.23. The first-order valence-corrected chi connectivity index (χ1v) is 5.65. The zero-order valence-corrected chi connectivity index (χ0v) is 9.18. The largest absolute Gasteiger partial charge is 0.298 e. The average molecular weight is 215 g/mol. The summed E-state index contributed by atoms with van der Waals surface area (Å²) in [4.78, 5) is 15.7. The van der Waals surface area contributed by atoms with Crippen LogP contribution in [0.1, 0.15) is 41.7 Å². The fourth-order valence-corrected chi connectivity index (χ4v) is 2.01. The van der Waals surface area contributed by atoms with Gasteiger partial charge in [-0.15, -0.1) is 0 Å². The molecular formula is C12H13N3O. The van der Waals surface area contributed by atoms with Crippen molar-refractivity contribution < 1.29 is 4.79 Å². The SMILES string of the molecule is CCn1ncc2c(C=O)cc(C3CC3)nc21. The average Bonchev–Trinajstić information content (AvgIpc) is 3.08. The van der Waals surface area contributed by atoms with Gasteiger partial charge in [-0.05, 0) is 25.8 Å². The Labute approximate surface area is 93.3 Å². The molecule has 0 aromatic carbocycles. The third-order valence-corrected chi connectivity index (χ3v) is 3.08. The van der Waals surface area contributed by atoms with Crippen molar-refractivity contribution >= 4 is 17.3 Å². The molecule has 0 amide bonds. The van der Waals surface area contributed by atoms with Gasteiger partial charge in [-0.25, -0.2) is 9.67 Å². The summed E-state index contributed by atoms with van der Waals surface area (Å²) >= 11 is 0. The van der Waals surface area contributed by atoms with E-state index < -0.39 is 0 Å². The molecule has 1 aliphatic rings. The van der Waals surface area contributed by atoms with Crippen molar-refractivity contribution in [3.63, 3.8) is 0 Å². The zero-order valence-electron chi connectivity index (χ0n) is 9.18. The van der Waals surface area contributed by atoms with E-state index in [9.17, 15) is 4.79 Å². The maximum atomic E-state index is 11.0. The summed E-state index contributed by atoms with van der Waals surface area (Å²) in [6, 6.07) is 1.91. The van der Waals surface area contributed by atoms with Gasteiger partial charge in [0.25, 0.3) is 0 Å². The summed E-state index contributed by atoms with van der Waals surface area (Å²) in [5.74, 6) is 0.559. The summed E-state index contributed by atoms with van der Waals surface area (Å²) < 4.78 is 1.84. The number of hydrogen-bond acceptors (Lipinski definition) is 3. The lowest BCUT2D eigenvalue weighted by Crippen LogP contribution is -2.00. The molecule has 3 rings (SSSR count). The summed E-state index contributed by atoms with van der Waals surface area (Å²) in [5, 5.41) is 5.10. The van der Waals surface area contributed by atoms with Crippen LogP contribution in [0, 0.1) is 0 Å². The minimum Gasteiger partial charge on any atom is -0.298 e. The van der Waals surface area contributed by atoms with Gasteiger partial charge in [-0.3, -0.25) is 4.79 Å². The number of hydrogen-bond donors (Lipinski definition) is 0. The van der Waals surface area contributed by atoms with Gasteiger partial charge in [0.2, 0.25) is 0 Å². The second kappa shape index (κ2) is 3.40. The summed E-state index contributed by atoms with van der Waals surface area (Å²) in [7, 11) is 0. The second-order valence-electron chi connectivity index (χ2n) is 4.23. The third-order valence-electron chi connectivity index (χ3n) is 3.08. The Balaban J connectivity index is 2.28. The Morgan fingerprint density at radius 3 is 3.00 bits per heavy atom. The number of aryl methyl sites for hydroxylation is 1. The topological polar surface area (TPSA) is 47.8 Å². The van der Waals surface area contributed by atoms with E-state index in [1.165, 1.54) is 12.8 Å². The van der Waals surface area contributed by atoms with Crippen LogP contribution in [0.15, 0.2) is 12.3 Å². The van der Waals surface area contributed by atoms with Crippen LogP contribution in [-0.2, 0) is 6.54 Å². The van der Waals surface area contributed by atoms with Crippen LogP contribution < -0.4 is 0 Å². The van der Waals surface area contributed by atoms with Crippen LogP contribution in [0.4, 0.5) is 0 Å². The number of aromatic nitrogens is 3. The molecule has 0 atom stereocenters. The van der Waals surface area contributed by atoms with Gasteiger partial charge < -0.3 is 0 Å². The highest BCUT2D eigenvalue weighted by Crippen LogP contribution is 2.39. The maximum absolute atomic E-state index is 11.0. The molecule has 0 bridgehead atoms. The molecule has 2 aromatic rings. The van der Waals surface area contributed by atoms with Gasteiger partial charge in [0, 0.05) is 29.1 Å². The molecule has 1 saturated carbocycles. The lowest BCUT2D eigenvalue weighted by atomic mass is 10.1. The van der Waals surface area contributed by atoms with Crippen LogP contribution in [0.5, 0.6) is 0 Å². The summed E-state index contributed by atoms with van der Waals surface area (Å²) in [6.07, 6.45) is 5.01. The van der Waals surface area contributed by atoms with Crippen molar-refractivity contribution in [3.05, 3.63) is 23.5 Å². The summed E-state index contributed by atoms with van der Waals surface area (Å²) in [5.41, 5.74) is 2.60. The van der Waals surface area contributed by atoms with Crippen LogP contribution in [-0.4, -0.2) is 21.1 Å². The van der Waals surface area contributed by atoms with Crippen molar-refractivity contribution in [2.24, 2.45) is 0 Å². The first-order valence-electron chi connectivity index (χ1n) is 5.65.